The molecule has 0 aromatic carbocycles. The normalized spacial score (nSPS) is 11.1. The smallest absolute Gasteiger partial charge is 0.100 e. The summed E-state index contributed by atoms with van der Waals surface area (Å²) in [6, 6.07) is 4.71. The molecule has 1 heterocycles. The van der Waals surface area contributed by atoms with Gasteiger partial charge in [0.25, 0.3) is 0 Å². The van der Waals surface area contributed by atoms with Crippen molar-refractivity contribution in [2.75, 3.05) is 5.75 Å². The molecular weight excluding hydrogens is 228 g/mol. The fourth-order valence-electron chi connectivity index (χ4n) is 1.52. The Balaban J connectivity index is 2.46. The van der Waals surface area contributed by atoms with E-state index in [0.29, 0.717) is 6.04 Å². The van der Waals surface area contributed by atoms with Crippen LogP contribution in [0.1, 0.15) is 45.6 Å². The van der Waals surface area contributed by atoms with Gasteiger partial charge in [-0.1, -0.05) is 39.7 Å². The van der Waals surface area contributed by atoms with Crippen molar-refractivity contribution in [3.05, 3.63) is 23.9 Å². The highest BCUT2D eigenvalue weighted by Crippen LogP contribution is 2.21. The van der Waals surface area contributed by atoms with Gasteiger partial charge in [-0.25, -0.2) is 4.98 Å². The highest BCUT2D eigenvalue weighted by molar-refractivity contribution is 7.99. The number of thioether (sulfide) groups is 1. The molecule has 0 unspecified atom stereocenters. The van der Waals surface area contributed by atoms with Crippen molar-refractivity contribution in [2.45, 2.75) is 57.6 Å². The molecule has 0 bridgehead atoms. The Morgan fingerprint density at radius 1 is 1.35 bits per heavy atom. The van der Waals surface area contributed by atoms with E-state index < -0.39 is 0 Å². The number of rotatable bonds is 8. The van der Waals surface area contributed by atoms with Crippen molar-refractivity contribution in [3.8, 4) is 0 Å². The van der Waals surface area contributed by atoms with Gasteiger partial charge < -0.3 is 5.32 Å². The molecule has 0 amide bonds. The molecule has 0 fully saturated rings. The van der Waals surface area contributed by atoms with Gasteiger partial charge in [-0.3, -0.25) is 0 Å². The van der Waals surface area contributed by atoms with Crippen LogP contribution in [0.5, 0.6) is 0 Å². The van der Waals surface area contributed by atoms with Crippen molar-refractivity contribution in [2.24, 2.45) is 0 Å². The molecule has 2 nitrogen and oxygen atoms in total. The largest absolute Gasteiger partial charge is 0.310 e. The van der Waals surface area contributed by atoms with E-state index in [0.717, 1.165) is 6.54 Å². The van der Waals surface area contributed by atoms with E-state index >= 15 is 0 Å². The average molecular weight is 252 g/mol. The van der Waals surface area contributed by atoms with Crippen LogP contribution in [0.15, 0.2) is 23.4 Å². The first kappa shape index (κ1) is 14.5. The Hall–Kier alpha value is -0.540. The number of hydrogen-bond donors (Lipinski definition) is 1. The summed E-state index contributed by atoms with van der Waals surface area (Å²) in [6.45, 7) is 7.50. The van der Waals surface area contributed by atoms with Crippen LogP contribution in [-0.2, 0) is 6.54 Å². The Kier molecular flexibility index (Phi) is 7.29. The zero-order valence-electron chi connectivity index (χ0n) is 11.2. The lowest BCUT2D eigenvalue weighted by atomic mass is 10.2. The van der Waals surface area contributed by atoms with Crippen LogP contribution in [-0.4, -0.2) is 16.8 Å². The number of nitrogens with one attached hydrogen (secondary N) is 1. The average Bonchev–Trinajstić information content (AvgIpc) is 2.33. The zero-order valence-corrected chi connectivity index (χ0v) is 12.0. The van der Waals surface area contributed by atoms with E-state index in [-0.39, 0.29) is 0 Å². The van der Waals surface area contributed by atoms with Gasteiger partial charge in [-0.2, -0.15) is 0 Å². The maximum absolute atomic E-state index is 4.48. The molecule has 0 aliphatic rings. The van der Waals surface area contributed by atoms with Crippen LogP contribution < -0.4 is 5.32 Å². The lowest BCUT2D eigenvalue weighted by Gasteiger charge is -2.11. The van der Waals surface area contributed by atoms with Crippen LogP contribution >= 0.6 is 11.8 Å². The summed E-state index contributed by atoms with van der Waals surface area (Å²) in [4.78, 5) is 4.48. The van der Waals surface area contributed by atoms with Crippen molar-refractivity contribution in [3.63, 3.8) is 0 Å². The SMILES string of the molecule is CCCCCSc1ncccc1CNC(C)C. The monoisotopic (exact) mass is 252 g/mol. The summed E-state index contributed by atoms with van der Waals surface area (Å²) in [5.41, 5.74) is 1.32. The van der Waals surface area contributed by atoms with Gasteiger partial charge in [-0.05, 0) is 23.8 Å². The van der Waals surface area contributed by atoms with Crippen molar-refractivity contribution in [1.82, 2.24) is 10.3 Å². The van der Waals surface area contributed by atoms with E-state index in [9.17, 15) is 0 Å². The van der Waals surface area contributed by atoms with E-state index in [2.05, 4.69) is 37.1 Å². The van der Waals surface area contributed by atoms with Crippen LogP contribution in [0.4, 0.5) is 0 Å². The number of hydrogen-bond acceptors (Lipinski definition) is 3. The van der Waals surface area contributed by atoms with E-state index in [1.807, 2.05) is 24.0 Å². The quantitative estimate of drug-likeness (QED) is 0.562. The van der Waals surface area contributed by atoms with Crippen LogP contribution in [0.2, 0.25) is 0 Å². The molecule has 0 saturated heterocycles. The summed E-state index contributed by atoms with van der Waals surface area (Å²) in [5.74, 6) is 1.18. The molecule has 0 radical (unpaired) electrons. The van der Waals surface area contributed by atoms with E-state index in [1.54, 1.807) is 0 Å². The number of pyridine rings is 1. The number of nitrogens with zero attached hydrogens (tertiary/aromatic N) is 1. The topological polar surface area (TPSA) is 24.9 Å². The third-order valence-corrected chi connectivity index (χ3v) is 3.67. The summed E-state index contributed by atoms with van der Waals surface area (Å²) in [7, 11) is 0. The molecule has 1 rings (SSSR count). The van der Waals surface area contributed by atoms with Crippen LogP contribution in [0.25, 0.3) is 0 Å². The molecule has 17 heavy (non-hydrogen) atoms. The standard InChI is InChI=1S/C14H24N2S/c1-4-5-6-10-17-14-13(8-7-9-15-14)11-16-12(2)3/h7-9,12,16H,4-6,10-11H2,1-3H3. The maximum Gasteiger partial charge on any atom is 0.100 e. The summed E-state index contributed by atoms with van der Waals surface area (Å²) in [5, 5.41) is 4.64. The molecule has 0 spiro atoms. The highest BCUT2D eigenvalue weighted by atomic mass is 32.2. The summed E-state index contributed by atoms with van der Waals surface area (Å²) < 4.78 is 0. The highest BCUT2D eigenvalue weighted by Gasteiger charge is 2.04. The molecule has 96 valence electrons. The predicted octanol–water partition coefficient (Wildman–Crippen LogP) is 3.86. The van der Waals surface area contributed by atoms with E-state index in [4.69, 9.17) is 0 Å². The van der Waals surface area contributed by atoms with Gasteiger partial charge in [-0.15, -0.1) is 11.8 Å². The first-order valence-electron chi connectivity index (χ1n) is 6.54. The van der Waals surface area contributed by atoms with Crippen molar-refractivity contribution in [1.29, 1.82) is 0 Å². The molecule has 3 heteroatoms. The van der Waals surface area contributed by atoms with Gasteiger partial charge in [0, 0.05) is 18.8 Å². The van der Waals surface area contributed by atoms with Crippen LogP contribution in [0, 0.1) is 0 Å². The Morgan fingerprint density at radius 2 is 2.18 bits per heavy atom. The second kappa shape index (κ2) is 8.54. The van der Waals surface area contributed by atoms with Crippen molar-refractivity contribution >= 4 is 11.8 Å². The molecule has 0 saturated carbocycles. The van der Waals surface area contributed by atoms with Gasteiger partial charge in [0.15, 0.2) is 0 Å². The minimum absolute atomic E-state index is 0.521. The lowest BCUT2D eigenvalue weighted by molar-refractivity contribution is 0.582. The molecule has 0 aliphatic carbocycles. The maximum atomic E-state index is 4.48. The summed E-state index contributed by atoms with van der Waals surface area (Å²) >= 11 is 1.89. The first-order chi connectivity index (χ1) is 8.24. The molecule has 0 aliphatic heterocycles. The fourth-order valence-corrected chi connectivity index (χ4v) is 2.53. The minimum atomic E-state index is 0.521. The second-order valence-electron chi connectivity index (χ2n) is 4.56. The third-order valence-electron chi connectivity index (χ3n) is 2.54. The number of unbranched alkanes of at least 4 members (excludes halogenated alkanes) is 2. The molecule has 1 aromatic rings. The van der Waals surface area contributed by atoms with Gasteiger partial charge >= 0.3 is 0 Å². The lowest BCUT2D eigenvalue weighted by Crippen LogP contribution is -2.22. The first-order valence-corrected chi connectivity index (χ1v) is 7.52. The van der Waals surface area contributed by atoms with Gasteiger partial charge in [0.2, 0.25) is 0 Å². The number of aromatic nitrogens is 1. The Bertz CT molecular complexity index is 313. The molecule has 1 aromatic heterocycles. The molecule has 1 N–H and O–H groups in total. The van der Waals surface area contributed by atoms with E-state index in [1.165, 1.54) is 35.6 Å². The van der Waals surface area contributed by atoms with Crippen LogP contribution in [0.3, 0.4) is 0 Å². The summed E-state index contributed by atoms with van der Waals surface area (Å²) in [6.07, 6.45) is 5.78. The Morgan fingerprint density at radius 3 is 2.88 bits per heavy atom. The third kappa shape index (κ3) is 6.08. The molecular formula is C14H24N2S. The second-order valence-corrected chi connectivity index (χ2v) is 5.64. The molecule has 0 atom stereocenters. The Labute approximate surface area is 110 Å². The van der Waals surface area contributed by atoms with Gasteiger partial charge in [0.1, 0.15) is 5.03 Å². The van der Waals surface area contributed by atoms with Gasteiger partial charge in [0.05, 0.1) is 0 Å². The predicted molar refractivity (Wildman–Crippen MR) is 76.5 cm³/mol. The zero-order chi connectivity index (χ0) is 12.5. The minimum Gasteiger partial charge on any atom is -0.310 e. The fraction of sp³-hybridized carbons (Fsp3) is 0.643. The van der Waals surface area contributed by atoms with Crippen molar-refractivity contribution < 1.29 is 0 Å².